The minimum atomic E-state index is -0.671. The van der Waals surface area contributed by atoms with Crippen molar-refractivity contribution in [3.63, 3.8) is 0 Å². The Hall–Kier alpha value is -1.14. The summed E-state index contributed by atoms with van der Waals surface area (Å²) in [6.07, 6.45) is 0.463. The fourth-order valence-electron chi connectivity index (χ4n) is 1.82. The van der Waals surface area contributed by atoms with Gasteiger partial charge in [0.15, 0.2) is 0 Å². The van der Waals surface area contributed by atoms with E-state index in [1.807, 2.05) is 20.8 Å². The second kappa shape index (κ2) is 7.75. The van der Waals surface area contributed by atoms with E-state index in [-0.39, 0.29) is 34.6 Å². The molecule has 1 atom stereocenters. The Bertz CT molecular complexity index is 489. The summed E-state index contributed by atoms with van der Waals surface area (Å²) in [5, 5.41) is 11.9. The van der Waals surface area contributed by atoms with Crippen LogP contribution in [0.4, 0.5) is 8.78 Å². The van der Waals surface area contributed by atoms with E-state index in [4.69, 9.17) is 5.11 Å². The Balaban J connectivity index is 2.57. The van der Waals surface area contributed by atoms with Gasteiger partial charge in [-0.3, -0.25) is 4.79 Å². The number of thioether (sulfide) groups is 1. The minimum Gasteiger partial charge on any atom is -0.396 e. The summed E-state index contributed by atoms with van der Waals surface area (Å²) in [5.41, 5.74) is -0.176. The van der Waals surface area contributed by atoms with Crippen LogP contribution < -0.4 is 5.32 Å². The van der Waals surface area contributed by atoms with Crippen LogP contribution >= 0.6 is 11.8 Å². The van der Waals surface area contributed by atoms with E-state index in [2.05, 4.69) is 5.32 Å². The van der Waals surface area contributed by atoms with E-state index < -0.39 is 11.6 Å². The lowest BCUT2D eigenvalue weighted by molar-refractivity contribution is -0.120. The first-order valence-corrected chi connectivity index (χ1v) is 7.70. The van der Waals surface area contributed by atoms with Gasteiger partial charge < -0.3 is 10.4 Å². The van der Waals surface area contributed by atoms with Crippen LogP contribution in [-0.2, 0) is 4.79 Å². The standard InChI is InChI=1S/C15H21F2NO2S/c1-15(2,3)13(6-7-19)18-14(20)9-21-12-5-4-10(16)8-11(12)17/h4-5,8,13,19H,6-7,9H2,1-3H3,(H,18,20). The molecule has 0 aliphatic heterocycles. The van der Waals surface area contributed by atoms with E-state index in [1.165, 1.54) is 6.07 Å². The number of carbonyl (C=O) groups is 1. The Morgan fingerprint density at radius 2 is 2.05 bits per heavy atom. The second-order valence-corrected chi connectivity index (χ2v) is 6.88. The Labute approximate surface area is 128 Å². The predicted molar refractivity (Wildman–Crippen MR) is 80.2 cm³/mol. The summed E-state index contributed by atoms with van der Waals surface area (Å²) in [6, 6.07) is 3.11. The van der Waals surface area contributed by atoms with Crippen LogP contribution in [0.1, 0.15) is 27.2 Å². The number of carbonyl (C=O) groups excluding carboxylic acids is 1. The summed E-state index contributed by atoms with van der Waals surface area (Å²) in [4.78, 5) is 12.2. The number of aliphatic hydroxyl groups excluding tert-OH is 1. The maximum atomic E-state index is 13.4. The van der Waals surface area contributed by atoms with E-state index in [0.29, 0.717) is 6.42 Å². The monoisotopic (exact) mass is 317 g/mol. The van der Waals surface area contributed by atoms with Crippen molar-refractivity contribution in [2.75, 3.05) is 12.4 Å². The van der Waals surface area contributed by atoms with E-state index in [9.17, 15) is 13.6 Å². The maximum absolute atomic E-state index is 13.4. The number of rotatable bonds is 6. The van der Waals surface area contributed by atoms with Gasteiger partial charge in [0.05, 0.1) is 5.75 Å². The van der Waals surface area contributed by atoms with Gasteiger partial charge in [0, 0.05) is 23.6 Å². The van der Waals surface area contributed by atoms with Crippen molar-refractivity contribution in [1.29, 1.82) is 0 Å². The predicted octanol–water partition coefficient (Wildman–Crippen LogP) is 2.97. The van der Waals surface area contributed by atoms with E-state index >= 15 is 0 Å². The Kier molecular flexibility index (Phi) is 6.61. The van der Waals surface area contributed by atoms with Gasteiger partial charge >= 0.3 is 0 Å². The maximum Gasteiger partial charge on any atom is 0.230 e. The molecule has 1 aromatic rings. The van der Waals surface area contributed by atoms with Crippen molar-refractivity contribution in [2.24, 2.45) is 5.41 Å². The van der Waals surface area contributed by atoms with Gasteiger partial charge in [-0.1, -0.05) is 20.8 Å². The van der Waals surface area contributed by atoms with Crippen LogP contribution in [0.3, 0.4) is 0 Å². The summed E-state index contributed by atoms with van der Waals surface area (Å²) >= 11 is 1.02. The number of amides is 1. The number of aliphatic hydroxyl groups is 1. The molecule has 0 fully saturated rings. The summed E-state index contributed by atoms with van der Waals surface area (Å²) in [7, 11) is 0. The van der Waals surface area contributed by atoms with Crippen LogP contribution in [0.25, 0.3) is 0 Å². The van der Waals surface area contributed by atoms with Gasteiger partial charge in [-0.25, -0.2) is 8.78 Å². The van der Waals surface area contributed by atoms with Crippen molar-refractivity contribution in [3.05, 3.63) is 29.8 Å². The van der Waals surface area contributed by atoms with Crippen LogP contribution in [-0.4, -0.2) is 29.4 Å². The third-order valence-corrected chi connectivity index (χ3v) is 4.10. The molecule has 118 valence electrons. The first-order valence-electron chi connectivity index (χ1n) is 6.72. The fourth-order valence-corrected chi connectivity index (χ4v) is 2.55. The van der Waals surface area contributed by atoms with Crippen molar-refractivity contribution >= 4 is 17.7 Å². The van der Waals surface area contributed by atoms with Gasteiger partial charge in [0.2, 0.25) is 5.91 Å². The highest BCUT2D eigenvalue weighted by atomic mass is 32.2. The smallest absolute Gasteiger partial charge is 0.230 e. The molecule has 1 unspecified atom stereocenters. The number of hydrogen-bond donors (Lipinski definition) is 2. The molecule has 3 nitrogen and oxygen atoms in total. The molecule has 0 heterocycles. The number of benzene rings is 1. The lowest BCUT2D eigenvalue weighted by Gasteiger charge is -2.31. The summed E-state index contributed by atoms with van der Waals surface area (Å²) in [6.45, 7) is 5.91. The van der Waals surface area contributed by atoms with Gasteiger partial charge in [0.1, 0.15) is 11.6 Å². The highest BCUT2D eigenvalue weighted by Gasteiger charge is 2.25. The largest absolute Gasteiger partial charge is 0.396 e. The first kappa shape index (κ1) is 17.9. The second-order valence-electron chi connectivity index (χ2n) is 5.86. The van der Waals surface area contributed by atoms with Crippen LogP contribution in [0.5, 0.6) is 0 Å². The summed E-state index contributed by atoms with van der Waals surface area (Å²) < 4.78 is 26.2. The lowest BCUT2D eigenvalue weighted by atomic mass is 9.85. The minimum absolute atomic E-state index is 0.0120. The van der Waals surface area contributed by atoms with Crippen molar-refractivity contribution in [1.82, 2.24) is 5.32 Å². The van der Waals surface area contributed by atoms with Gasteiger partial charge in [0.25, 0.3) is 0 Å². The molecular weight excluding hydrogens is 296 g/mol. The lowest BCUT2D eigenvalue weighted by Crippen LogP contribution is -2.45. The molecule has 0 spiro atoms. The average Bonchev–Trinajstić information content (AvgIpc) is 2.36. The van der Waals surface area contributed by atoms with Crippen LogP contribution in [0.2, 0.25) is 0 Å². The number of nitrogens with one attached hydrogen (secondary N) is 1. The number of hydrogen-bond acceptors (Lipinski definition) is 3. The molecule has 0 aliphatic carbocycles. The third-order valence-electron chi connectivity index (χ3n) is 3.05. The van der Waals surface area contributed by atoms with Gasteiger partial charge in [-0.2, -0.15) is 0 Å². The van der Waals surface area contributed by atoms with Gasteiger partial charge in [-0.15, -0.1) is 11.8 Å². The molecule has 0 saturated heterocycles. The molecule has 0 aliphatic rings. The molecule has 1 rings (SSSR count). The van der Waals surface area contributed by atoms with Gasteiger partial charge in [-0.05, 0) is 24.0 Å². The quantitative estimate of drug-likeness (QED) is 0.793. The number of halogens is 2. The Morgan fingerprint density at radius 3 is 2.57 bits per heavy atom. The highest BCUT2D eigenvalue weighted by molar-refractivity contribution is 8.00. The molecule has 1 aromatic carbocycles. The van der Waals surface area contributed by atoms with Crippen LogP contribution in [0.15, 0.2) is 23.1 Å². The molecule has 0 bridgehead atoms. The first-order chi connectivity index (χ1) is 9.74. The highest BCUT2D eigenvalue weighted by Crippen LogP contribution is 2.24. The molecule has 2 N–H and O–H groups in total. The molecule has 0 radical (unpaired) electrons. The SMILES string of the molecule is CC(C)(C)C(CCO)NC(=O)CSc1ccc(F)cc1F. The van der Waals surface area contributed by atoms with Crippen molar-refractivity contribution in [2.45, 2.75) is 38.1 Å². The zero-order chi connectivity index (χ0) is 16.0. The van der Waals surface area contributed by atoms with E-state index in [0.717, 1.165) is 23.9 Å². The molecule has 1 amide bonds. The fraction of sp³-hybridized carbons (Fsp3) is 0.533. The Morgan fingerprint density at radius 1 is 1.38 bits per heavy atom. The summed E-state index contributed by atoms with van der Waals surface area (Å²) in [5.74, 6) is -1.51. The third kappa shape index (κ3) is 6.01. The van der Waals surface area contributed by atoms with Crippen LogP contribution in [0, 0.1) is 17.0 Å². The zero-order valence-corrected chi connectivity index (χ0v) is 13.3. The topological polar surface area (TPSA) is 49.3 Å². The average molecular weight is 317 g/mol. The molecule has 6 heteroatoms. The van der Waals surface area contributed by atoms with Crippen molar-refractivity contribution < 1.29 is 18.7 Å². The molecule has 0 saturated carbocycles. The van der Waals surface area contributed by atoms with Crippen molar-refractivity contribution in [3.8, 4) is 0 Å². The molecule has 0 aromatic heterocycles. The molecular formula is C15H21F2NO2S. The zero-order valence-electron chi connectivity index (χ0n) is 12.5. The van der Waals surface area contributed by atoms with E-state index in [1.54, 1.807) is 0 Å². The normalized spacial score (nSPS) is 13.0. The molecule has 21 heavy (non-hydrogen) atoms.